The lowest BCUT2D eigenvalue weighted by Crippen LogP contribution is -2.34. The van der Waals surface area contributed by atoms with Gasteiger partial charge in [0.2, 0.25) is 0 Å². The molecule has 1 unspecified atom stereocenters. The van der Waals surface area contributed by atoms with Crippen LogP contribution in [0, 0.1) is 0 Å². The predicted octanol–water partition coefficient (Wildman–Crippen LogP) is 2.17. The van der Waals surface area contributed by atoms with E-state index in [1.807, 2.05) is 6.07 Å². The molecule has 1 aromatic carbocycles. The maximum atomic E-state index is 5.94. The van der Waals surface area contributed by atoms with E-state index in [1.165, 1.54) is 11.1 Å². The van der Waals surface area contributed by atoms with Gasteiger partial charge >= 0.3 is 0 Å². The molecule has 0 fully saturated rings. The first-order chi connectivity index (χ1) is 8.28. The second-order valence-electron chi connectivity index (χ2n) is 4.10. The zero-order chi connectivity index (χ0) is 12.7. The van der Waals surface area contributed by atoms with Gasteiger partial charge in [-0.1, -0.05) is 38.1 Å². The third kappa shape index (κ3) is 3.53. The molecule has 96 valence electrons. The Morgan fingerprint density at radius 2 is 1.88 bits per heavy atom. The number of hydrogen-bond donors (Lipinski definition) is 1. The first kappa shape index (κ1) is 14.2. The molecule has 0 aromatic heterocycles. The monoisotopic (exact) mass is 236 g/mol. The zero-order valence-corrected chi connectivity index (χ0v) is 11.1. The summed E-state index contributed by atoms with van der Waals surface area (Å²) in [7, 11) is 1.73. The number of nitrogens with zero attached hydrogens (tertiary/aromatic N) is 1. The van der Waals surface area contributed by atoms with Crippen LogP contribution in [0.2, 0.25) is 0 Å². The predicted molar refractivity (Wildman–Crippen MR) is 71.9 cm³/mol. The van der Waals surface area contributed by atoms with Crippen LogP contribution in [0.4, 0.5) is 0 Å². The van der Waals surface area contributed by atoms with E-state index in [4.69, 9.17) is 10.5 Å². The summed E-state index contributed by atoms with van der Waals surface area (Å²) in [5.74, 6) is 0. The van der Waals surface area contributed by atoms with Gasteiger partial charge < -0.3 is 10.5 Å². The number of ether oxygens (including phenoxy) is 1. The Morgan fingerprint density at radius 3 is 2.41 bits per heavy atom. The van der Waals surface area contributed by atoms with Crippen molar-refractivity contribution in [3.63, 3.8) is 0 Å². The quantitative estimate of drug-likeness (QED) is 0.788. The molecule has 0 bridgehead atoms. The van der Waals surface area contributed by atoms with Crippen molar-refractivity contribution in [2.75, 3.05) is 26.7 Å². The molecule has 0 aliphatic carbocycles. The van der Waals surface area contributed by atoms with E-state index in [0.717, 1.165) is 13.1 Å². The molecule has 2 N–H and O–H groups in total. The fraction of sp³-hybridized carbons (Fsp3) is 0.571. The highest BCUT2D eigenvalue weighted by Crippen LogP contribution is 2.23. The lowest BCUT2D eigenvalue weighted by atomic mass is 9.99. The minimum atomic E-state index is 0.288. The topological polar surface area (TPSA) is 38.5 Å². The van der Waals surface area contributed by atoms with Crippen molar-refractivity contribution in [1.29, 1.82) is 0 Å². The molecule has 0 amide bonds. The Kier molecular flexibility index (Phi) is 6.19. The molecule has 1 aromatic rings. The average Bonchev–Trinajstić information content (AvgIpc) is 2.37. The number of likely N-dealkylation sites (N-methyl/N-ethyl adjacent to an activating group) is 1. The van der Waals surface area contributed by atoms with Crippen molar-refractivity contribution in [2.45, 2.75) is 26.5 Å². The second kappa shape index (κ2) is 7.43. The number of rotatable bonds is 7. The molecule has 3 heteroatoms. The van der Waals surface area contributed by atoms with Crippen molar-refractivity contribution in [3.8, 4) is 0 Å². The van der Waals surface area contributed by atoms with Gasteiger partial charge in [0, 0.05) is 19.7 Å². The van der Waals surface area contributed by atoms with Crippen LogP contribution in [-0.2, 0) is 11.3 Å². The van der Waals surface area contributed by atoms with Crippen LogP contribution < -0.4 is 5.73 Å². The summed E-state index contributed by atoms with van der Waals surface area (Å²) in [6, 6.07) is 8.68. The molecule has 0 saturated heterocycles. The third-order valence-corrected chi connectivity index (χ3v) is 3.19. The summed E-state index contributed by atoms with van der Waals surface area (Å²) >= 11 is 0. The summed E-state index contributed by atoms with van der Waals surface area (Å²) in [6.07, 6.45) is 0. The smallest absolute Gasteiger partial charge is 0.0716 e. The van der Waals surface area contributed by atoms with Gasteiger partial charge in [-0.2, -0.15) is 0 Å². The van der Waals surface area contributed by atoms with Gasteiger partial charge in [0.15, 0.2) is 0 Å². The molecular formula is C14H24N2O. The molecule has 0 aliphatic rings. The Bertz CT molecular complexity index is 324. The number of benzene rings is 1. The average molecular weight is 236 g/mol. The number of nitrogens with two attached hydrogens (primary N) is 1. The minimum absolute atomic E-state index is 0.288. The SMILES string of the molecule is CCN(CC)C(CN)c1ccccc1COC. The fourth-order valence-corrected chi connectivity index (χ4v) is 2.28. The van der Waals surface area contributed by atoms with Crippen LogP contribution in [0.3, 0.4) is 0 Å². The number of methoxy groups -OCH3 is 1. The van der Waals surface area contributed by atoms with Crippen molar-refractivity contribution in [2.24, 2.45) is 5.73 Å². The summed E-state index contributed by atoms with van der Waals surface area (Å²) < 4.78 is 5.25. The van der Waals surface area contributed by atoms with Crippen LogP contribution in [0.25, 0.3) is 0 Å². The molecule has 1 rings (SSSR count). The van der Waals surface area contributed by atoms with Crippen LogP contribution in [0.15, 0.2) is 24.3 Å². The zero-order valence-electron chi connectivity index (χ0n) is 11.1. The lowest BCUT2D eigenvalue weighted by Gasteiger charge is -2.30. The molecule has 0 spiro atoms. The maximum Gasteiger partial charge on any atom is 0.0716 e. The highest BCUT2D eigenvalue weighted by molar-refractivity contribution is 5.30. The van der Waals surface area contributed by atoms with Gasteiger partial charge in [-0.05, 0) is 24.2 Å². The van der Waals surface area contributed by atoms with E-state index >= 15 is 0 Å². The lowest BCUT2D eigenvalue weighted by molar-refractivity contribution is 0.178. The Labute approximate surface area is 105 Å². The van der Waals surface area contributed by atoms with Crippen molar-refractivity contribution < 1.29 is 4.74 Å². The summed E-state index contributed by atoms with van der Waals surface area (Å²) in [5, 5.41) is 0. The first-order valence-electron chi connectivity index (χ1n) is 6.29. The fourth-order valence-electron chi connectivity index (χ4n) is 2.28. The first-order valence-corrected chi connectivity index (χ1v) is 6.29. The third-order valence-electron chi connectivity index (χ3n) is 3.19. The summed E-state index contributed by atoms with van der Waals surface area (Å²) in [5.41, 5.74) is 8.47. The summed E-state index contributed by atoms with van der Waals surface area (Å²) in [6.45, 7) is 7.66. The van der Waals surface area contributed by atoms with E-state index in [0.29, 0.717) is 13.2 Å². The van der Waals surface area contributed by atoms with Gasteiger partial charge in [0.25, 0.3) is 0 Å². The van der Waals surface area contributed by atoms with Crippen LogP contribution >= 0.6 is 0 Å². The van der Waals surface area contributed by atoms with Gasteiger partial charge in [-0.15, -0.1) is 0 Å². The van der Waals surface area contributed by atoms with Crippen LogP contribution in [0.1, 0.15) is 31.0 Å². The molecule has 0 aliphatic heterocycles. The Morgan fingerprint density at radius 1 is 1.24 bits per heavy atom. The van der Waals surface area contributed by atoms with Crippen molar-refractivity contribution >= 4 is 0 Å². The second-order valence-corrected chi connectivity index (χ2v) is 4.10. The Balaban J connectivity index is 3.01. The molecule has 1 atom stereocenters. The Hall–Kier alpha value is -0.900. The van der Waals surface area contributed by atoms with Gasteiger partial charge in [-0.25, -0.2) is 0 Å². The summed E-state index contributed by atoms with van der Waals surface area (Å²) in [4.78, 5) is 2.38. The standard InChI is InChI=1S/C14H24N2O/c1-4-16(5-2)14(10-15)13-9-7-6-8-12(13)11-17-3/h6-9,14H,4-5,10-11,15H2,1-3H3. The van der Waals surface area contributed by atoms with Gasteiger partial charge in [-0.3, -0.25) is 4.90 Å². The molecule has 17 heavy (non-hydrogen) atoms. The molecule has 0 saturated carbocycles. The molecule has 0 radical (unpaired) electrons. The maximum absolute atomic E-state index is 5.94. The van der Waals surface area contributed by atoms with Gasteiger partial charge in [0.05, 0.1) is 6.61 Å². The normalized spacial score (nSPS) is 13.0. The van der Waals surface area contributed by atoms with Crippen molar-refractivity contribution in [3.05, 3.63) is 35.4 Å². The van der Waals surface area contributed by atoms with Crippen molar-refractivity contribution in [1.82, 2.24) is 4.90 Å². The van der Waals surface area contributed by atoms with E-state index in [1.54, 1.807) is 7.11 Å². The van der Waals surface area contributed by atoms with Gasteiger partial charge in [0.1, 0.15) is 0 Å². The largest absolute Gasteiger partial charge is 0.380 e. The minimum Gasteiger partial charge on any atom is -0.380 e. The van der Waals surface area contributed by atoms with Crippen LogP contribution in [-0.4, -0.2) is 31.6 Å². The highest BCUT2D eigenvalue weighted by Gasteiger charge is 2.18. The van der Waals surface area contributed by atoms with E-state index in [2.05, 4.69) is 36.9 Å². The molecular weight excluding hydrogens is 212 g/mol. The van der Waals surface area contributed by atoms with Crippen LogP contribution in [0.5, 0.6) is 0 Å². The van der Waals surface area contributed by atoms with E-state index < -0.39 is 0 Å². The molecule has 3 nitrogen and oxygen atoms in total. The van der Waals surface area contributed by atoms with E-state index in [-0.39, 0.29) is 6.04 Å². The molecule has 0 heterocycles. The van der Waals surface area contributed by atoms with E-state index in [9.17, 15) is 0 Å². The highest BCUT2D eigenvalue weighted by atomic mass is 16.5. The number of hydrogen-bond acceptors (Lipinski definition) is 3.